The SMILES string of the molecule is Cc1csc(=O)n1CC(=O)O[C@@H](C)C(=O)N[C@@H]1CCCc2ccccc21. The first kappa shape index (κ1) is 18.4. The number of carbonyl (C=O) groups is 2. The molecule has 2 aromatic rings. The molecule has 1 amide bonds. The number of fused-ring (bicyclic) bond motifs is 1. The summed E-state index contributed by atoms with van der Waals surface area (Å²) >= 11 is 1.04. The quantitative estimate of drug-likeness (QED) is 0.815. The number of aryl methyl sites for hydroxylation is 2. The van der Waals surface area contributed by atoms with Gasteiger partial charge < -0.3 is 10.1 Å². The number of nitrogens with one attached hydrogen (secondary N) is 1. The third-order valence-electron chi connectivity index (χ3n) is 4.63. The third-order valence-corrected chi connectivity index (χ3v) is 5.51. The fraction of sp³-hybridized carbons (Fsp3) is 0.421. The van der Waals surface area contributed by atoms with Gasteiger partial charge in [-0.2, -0.15) is 0 Å². The zero-order chi connectivity index (χ0) is 18.7. The van der Waals surface area contributed by atoms with Gasteiger partial charge in [0, 0.05) is 11.1 Å². The van der Waals surface area contributed by atoms with E-state index in [-0.39, 0.29) is 23.4 Å². The van der Waals surface area contributed by atoms with Crippen LogP contribution < -0.4 is 10.2 Å². The summed E-state index contributed by atoms with van der Waals surface area (Å²) in [6, 6.07) is 8.02. The van der Waals surface area contributed by atoms with Crippen LogP contribution in [0.3, 0.4) is 0 Å². The number of amides is 1. The summed E-state index contributed by atoms with van der Waals surface area (Å²) in [4.78, 5) is 36.0. The molecule has 0 bridgehead atoms. The van der Waals surface area contributed by atoms with E-state index in [4.69, 9.17) is 4.74 Å². The highest BCUT2D eigenvalue weighted by Crippen LogP contribution is 2.29. The number of thiazole rings is 1. The van der Waals surface area contributed by atoms with E-state index in [0.717, 1.165) is 36.2 Å². The number of hydrogen-bond acceptors (Lipinski definition) is 5. The van der Waals surface area contributed by atoms with Gasteiger partial charge in [0.15, 0.2) is 6.10 Å². The lowest BCUT2D eigenvalue weighted by atomic mass is 9.87. The van der Waals surface area contributed by atoms with Gasteiger partial charge in [0.2, 0.25) is 0 Å². The molecular formula is C19H22N2O4S. The van der Waals surface area contributed by atoms with Crippen molar-refractivity contribution in [3.05, 3.63) is 56.1 Å². The fourth-order valence-electron chi connectivity index (χ4n) is 3.21. The predicted octanol–water partition coefficient (Wildman–Crippen LogP) is 2.34. The van der Waals surface area contributed by atoms with Crippen molar-refractivity contribution in [2.45, 2.75) is 51.8 Å². The van der Waals surface area contributed by atoms with Gasteiger partial charge in [0.05, 0.1) is 6.04 Å². The lowest BCUT2D eigenvalue weighted by molar-refractivity contribution is -0.155. The van der Waals surface area contributed by atoms with Gasteiger partial charge in [-0.15, -0.1) is 0 Å². The zero-order valence-electron chi connectivity index (χ0n) is 14.9. The van der Waals surface area contributed by atoms with Crippen LogP contribution in [0.25, 0.3) is 0 Å². The Kier molecular flexibility index (Phi) is 5.56. The van der Waals surface area contributed by atoms with Crippen LogP contribution in [-0.4, -0.2) is 22.5 Å². The molecule has 2 atom stereocenters. The van der Waals surface area contributed by atoms with Crippen molar-refractivity contribution in [2.24, 2.45) is 0 Å². The van der Waals surface area contributed by atoms with Crippen molar-refractivity contribution >= 4 is 23.2 Å². The van der Waals surface area contributed by atoms with Gasteiger partial charge in [0.25, 0.3) is 5.91 Å². The number of rotatable bonds is 5. The van der Waals surface area contributed by atoms with Crippen molar-refractivity contribution in [3.8, 4) is 0 Å². The highest BCUT2D eigenvalue weighted by Gasteiger charge is 2.25. The second-order valence-corrected chi connectivity index (χ2v) is 7.33. The van der Waals surface area contributed by atoms with Crippen LogP contribution in [0.1, 0.15) is 42.6 Å². The Morgan fingerprint density at radius 3 is 2.88 bits per heavy atom. The molecule has 1 aromatic carbocycles. The van der Waals surface area contributed by atoms with Crippen LogP contribution in [0.5, 0.6) is 0 Å². The van der Waals surface area contributed by atoms with Crippen LogP contribution >= 0.6 is 11.3 Å². The molecule has 0 fully saturated rings. The maximum atomic E-state index is 12.4. The van der Waals surface area contributed by atoms with Crippen molar-refractivity contribution in [1.82, 2.24) is 9.88 Å². The minimum atomic E-state index is -0.911. The van der Waals surface area contributed by atoms with Gasteiger partial charge in [-0.25, -0.2) is 0 Å². The molecule has 0 spiro atoms. The van der Waals surface area contributed by atoms with E-state index in [1.807, 2.05) is 18.2 Å². The fourth-order valence-corrected chi connectivity index (χ4v) is 3.94. The molecule has 0 saturated heterocycles. The van der Waals surface area contributed by atoms with E-state index in [2.05, 4.69) is 11.4 Å². The summed E-state index contributed by atoms with van der Waals surface area (Å²) in [6.07, 6.45) is 1.98. The molecule has 1 N–H and O–H groups in total. The highest BCUT2D eigenvalue weighted by molar-refractivity contribution is 7.07. The summed E-state index contributed by atoms with van der Waals surface area (Å²) in [7, 11) is 0. The second kappa shape index (κ2) is 7.86. The normalized spacial score (nSPS) is 17.2. The molecule has 3 rings (SSSR count). The first-order valence-corrected chi connectivity index (χ1v) is 9.56. The highest BCUT2D eigenvalue weighted by atomic mass is 32.1. The number of carbonyl (C=O) groups excluding carboxylic acids is 2. The van der Waals surface area contributed by atoms with Crippen LogP contribution in [0.15, 0.2) is 34.4 Å². The smallest absolute Gasteiger partial charge is 0.326 e. The molecule has 1 aliphatic rings. The minimum Gasteiger partial charge on any atom is -0.451 e. The van der Waals surface area contributed by atoms with Crippen LogP contribution in [0.4, 0.5) is 0 Å². The number of aromatic nitrogens is 1. The van der Waals surface area contributed by atoms with Crippen molar-refractivity contribution in [2.75, 3.05) is 0 Å². The van der Waals surface area contributed by atoms with E-state index >= 15 is 0 Å². The lowest BCUT2D eigenvalue weighted by Gasteiger charge is -2.27. The van der Waals surface area contributed by atoms with Gasteiger partial charge in [-0.1, -0.05) is 35.6 Å². The molecule has 6 nitrogen and oxygen atoms in total. The molecule has 138 valence electrons. The Bertz CT molecular complexity index is 870. The summed E-state index contributed by atoms with van der Waals surface area (Å²) in [5.41, 5.74) is 3.08. The van der Waals surface area contributed by atoms with Crippen LogP contribution in [-0.2, 0) is 27.3 Å². The molecule has 1 heterocycles. The molecule has 0 saturated carbocycles. The van der Waals surface area contributed by atoms with Gasteiger partial charge in [-0.3, -0.25) is 19.0 Å². The van der Waals surface area contributed by atoms with Gasteiger partial charge >= 0.3 is 10.8 Å². The summed E-state index contributed by atoms with van der Waals surface area (Å²) in [6.45, 7) is 3.12. The second-order valence-electron chi connectivity index (χ2n) is 6.51. The average Bonchev–Trinajstić information content (AvgIpc) is 2.94. The minimum absolute atomic E-state index is 0.0599. The van der Waals surface area contributed by atoms with E-state index < -0.39 is 12.1 Å². The molecular weight excluding hydrogens is 352 g/mol. The maximum absolute atomic E-state index is 12.4. The van der Waals surface area contributed by atoms with E-state index in [1.165, 1.54) is 10.1 Å². The number of benzene rings is 1. The molecule has 1 aromatic heterocycles. The third kappa shape index (κ3) is 4.04. The number of esters is 1. The monoisotopic (exact) mass is 374 g/mol. The van der Waals surface area contributed by atoms with Crippen molar-refractivity contribution in [3.63, 3.8) is 0 Å². The molecule has 26 heavy (non-hydrogen) atoms. The Labute approximate surface area is 155 Å². The Hall–Kier alpha value is -2.41. The van der Waals surface area contributed by atoms with E-state index in [9.17, 15) is 14.4 Å². The standard InChI is InChI=1S/C19H22N2O4S/c1-12-11-26-19(24)21(12)10-17(22)25-13(2)18(23)20-16-9-5-7-14-6-3-4-8-15(14)16/h3-4,6,8,11,13,16H,5,7,9-10H2,1-2H3,(H,20,23)/t13-,16+/m0/s1. The van der Waals surface area contributed by atoms with Crippen molar-refractivity contribution in [1.29, 1.82) is 0 Å². The Morgan fingerprint density at radius 1 is 1.38 bits per heavy atom. The van der Waals surface area contributed by atoms with Crippen LogP contribution in [0.2, 0.25) is 0 Å². The predicted molar refractivity (Wildman–Crippen MR) is 99.1 cm³/mol. The Balaban J connectivity index is 1.59. The largest absolute Gasteiger partial charge is 0.451 e. The zero-order valence-corrected chi connectivity index (χ0v) is 15.7. The molecule has 0 radical (unpaired) electrons. The maximum Gasteiger partial charge on any atom is 0.326 e. The first-order chi connectivity index (χ1) is 12.5. The first-order valence-electron chi connectivity index (χ1n) is 8.68. The average molecular weight is 374 g/mol. The lowest BCUT2D eigenvalue weighted by Crippen LogP contribution is -2.39. The van der Waals surface area contributed by atoms with E-state index in [0.29, 0.717) is 5.69 Å². The van der Waals surface area contributed by atoms with Crippen LogP contribution in [0, 0.1) is 6.92 Å². The summed E-state index contributed by atoms with van der Waals surface area (Å²) in [5.74, 6) is -0.922. The Morgan fingerprint density at radius 2 is 2.15 bits per heavy atom. The van der Waals surface area contributed by atoms with Gasteiger partial charge in [-0.05, 0) is 44.2 Å². The molecule has 1 aliphatic carbocycles. The molecule has 0 unspecified atom stereocenters. The van der Waals surface area contributed by atoms with Gasteiger partial charge in [0.1, 0.15) is 6.54 Å². The topological polar surface area (TPSA) is 77.4 Å². The summed E-state index contributed by atoms with van der Waals surface area (Å²) < 4.78 is 6.56. The van der Waals surface area contributed by atoms with Crippen molar-refractivity contribution < 1.29 is 14.3 Å². The molecule has 0 aliphatic heterocycles. The number of nitrogens with zero attached hydrogens (tertiary/aromatic N) is 1. The van der Waals surface area contributed by atoms with E-state index in [1.54, 1.807) is 19.2 Å². The summed E-state index contributed by atoms with van der Waals surface area (Å²) in [5, 5.41) is 4.67. The number of ether oxygens (including phenoxy) is 1. The number of hydrogen-bond donors (Lipinski definition) is 1. The molecule has 7 heteroatoms.